The summed E-state index contributed by atoms with van der Waals surface area (Å²) in [7, 11) is 0. The van der Waals surface area contributed by atoms with Crippen LogP contribution in [0, 0.1) is 0 Å². The molecule has 1 fully saturated rings. The van der Waals surface area contributed by atoms with Crippen molar-refractivity contribution < 1.29 is 96.1 Å². The third-order valence-electron chi connectivity index (χ3n) is 9.96. The van der Waals surface area contributed by atoms with Gasteiger partial charge in [-0.3, -0.25) is 43.6 Å². The Kier molecular flexibility index (Phi) is 42.3. The summed E-state index contributed by atoms with van der Waals surface area (Å²) >= 11 is 0. The SMILES string of the molecule is CC(C)(C)OC(=O)CCCOCCOCCOCCOCCOCCOCCOCCOCCOCCOCCOCCCC(=O)CN1CCN(CC(=O)O)CCN(CC(=O)O)CCN(CC(=O)O)CC1. The van der Waals surface area contributed by atoms with Gasteiger partial charge in [0, 0.05) is 78.4 Å². The number of esters is 1. The smallest absolute Gasteiger partial charge is 0.317 e. The monoisotopic (exact) mass is 1030 g/mol. The van der Waals surface area contributed by atoms with Gasteiger partial charge in [-0.05, 0) is 33.6 Å². The molecule has 1 aliphatic rings. The van der Waals surface area contributed by atoms with Gasteiger partial charge < -0.3 is 72.2 Å². The van der Waals surface area contributed by atoms with E-state index >= 15 is 0 Å². The second-order valence-corrected chi connectivity index (χ2v) is 17.4. The van der Waals surface area contributed by atoms with E-state index in [1.165, 1.54) is 0 Å². The van der Waals surface area contributed by atoms with Crippen LogP contribution in [0.3, 0.4) is 0 Å². The summed E-state index contributed by atoms with van der Waals surface area (Å²) in [4.78, 5) is 66.0. The maximum atomic E-state index is 12.9. The van der Waals surface area contributed by atoms with E-state index in [0.29, 0.717) is 223 Å². The molecule has 0 amide bonds. The first-order valence-corrected chi connectivity index (χ1v) is 24.9. The van der Waals surface area contributed by atoms with Crippen LogP contribution in [0.2, 0.25) is 0 Å². The van der Waals surface area contributed by atoms with Crippen molar-refractivity contribution in [2.24, 2.45) is 0 Å². The van der Waals surface area contributed by atoms with Crippen LogP contribution in [-0.4, -0.2) is 294 Å². The van der Waals surface area contributed by atoms with Crippen molar-refractivity contribution in [2.45, 2.75) is 52.1 Å². The molecule has 3 N–H and O–H groups in total. The second-order valence-electron chi connectivity index (χ2n) is 17.4. The highest BCUT2D eigenvalue weighted by Gasteiger charge is 2.21. The minimum absolute atomic E-state index is 0.0000810. The lowest BCUT2D eigenvalue weighted by Crippen LogP contribution is -2.49. The zero-order valence-electron chi connectivity index (χ0n) is 42.9. The normalized spacial score (nSPS) is 15.1. The zero-order chi connectivity index (χ0) is 52.1. The summed E-state index contributed by atoms with van der Waals surface area (Å²) in [5, 5.41) is 28.2. The first-order chi connectivity index (χ1) is 34.2. The Bertz CT molecular complexity index is 1320. The number of aliphatic carboxylic acids is 3. The molecule has 0 unspecified atom stereocenters. The van der Waals surface area contributed by atoms with E-state index in [-0.39, 0.29) is 37.9 Å². The maximum Gasteiger partial charge on any atom is 0.317 e. The Morgan fingerprint density at radius 2 is 0.549 bits per heavy atom. The number of ketones is 1. The Labute approximate surface area is 420 Å². The van der Waals surface area contributed by atoms with E-state index in [1.807, 2.05) is 25.7 Å². The topological polar surface area (TPSA) is 270 Å². The number of carbonyl (C=O) groups is 5. The van der Waals surface area contributed by atoms with Gasteiger partial charge in [0.2, 0.25) is 0 Å². The van der Waals surface area contributed by atoms with Gasteiger partial charge in [0.05, 0.1) is 158 Å². The zero-order valence-corrected chi connectivity index (χ0v) is 42.9. The highest BCUT2D eigenvalue weighted by Crippen LogP contribution is 2.09. The summed E-state index contributed by atoms with van der Waals surface area (Å²) in [6, 6.07) is 0. The van der Waals surface area contributed by atoms with Crippen LogP contribution < -0.4 is 0 Å². The van der Waals surface area contributed by atoms with Crippen LogP contribution in [0.1, 0.15) is 46.5 Å². The number of nitrogens with zero attached hydrogens (tertiary/aromatic N) is 4. The molecule has 416 valence electrons. The first kappa shape index (κ1) is 66.0. The molecule has 71 heavy (non-hydrogen) atoms. The van der Waals surface area contributed by atoms with Gasteiger partial charge in [-0.15, -0.1) is 0 Å². The number of Topliss-reactive ketones (excluding diaryl/α,β-unsaturated/α-hetero) is 1. The molecule has 1 aliphatic heterocycles. The van der Waals surface area contributed by atoms with Gasteiger partial charge in [0.1, 0.15) is 11.4 Å². The third kappa shape index (κ3) is 46.5. The van der Waals surface area contributed by atoms with Gasteiger partial charge in [-0.25, -0.2) is 0 Å². The lowest BCUT2D eigenvalue weighted by Gasteiger charge is -2.32. The van der Waals surface area contributed by atoms with Crippen LogP contribution >= 0.6 is 0 Å². The van der Waals surface area contributed by atoms with Gasteiger partial charge in [0.25, 0.3) is 0 Å². The van der Waals surface area contributed by atoms with E-state index < -0.39 is 23.5 Å². The molecule has 1 saturated heterocycles. The predicted octanol–water partition coefficient (Wildman–Crippen LogP) is 0.116. The van der Waals surface area contributed by atoms with Crippen LogP contribution in [-0.2, 0) is 80.8 Å². The molecule has 1 heterocycles. The van der Waals surface area contributed by atoms with Gasteiger partial charge in [-0.2, -0.15) is 0 Å². The van der Waals surface area contributed by atoms with Crippen molar-refractivity contribution in [1.29, 1.82) is 0 Å². The first-order valence-electron chi connectivity index (χ1n) is 24.9. The molecule has 0 aromatic rings. The fourth-order valence-electron chi connectivity index (χ4n) is 6.50. The van der Waals surface area contributed by atoms with Crippen molar-refractivity contribution in [3.8, 4) is 0 Å². The molecule has 0 atom stereocenters. The second kappa shape index (κ2) is 45.6. The molecule has 1 rings (SSSR count). The Morgan fingerprint density at radius 1 is 0.338 bits per heavy atom. The van der Waals surface area contributed by atoms with E-state index in [2.05, 4.69) is 0 Å². The molecule has 0 saturated carbocycles. The molecule has 0 radical (unpaired) electrons. The minimum atomic E-state index is -1.02. The standard InChI is InChI=1S/C47H88N4O20/c1-47(2,3)71-46(59)7-5-17-61-19-21-63-23-25-65-27-29-67-31-33-69-35-37-70-36-34-68-32-30-66-28-26-64-24-22-62-20-18-60-16-4-6-42(52)38-48-8-10-49(39-43(53)54)12-14-51(41-45(57)58)15-13-50(11-9-48)40-44(55)56/h4-41H2,1-3H3,(H,53,54)(H,55,56)(H,57,58). The van der Waals surface area contributed by atoms with E-state index in [9.17, 15) is 39.3 Å². The summed E-state index contributed by atoms with van der Waals surface area (Å²) in [5.74, 6) is -3.23. The number of carboxylic acid groups (broad SMARTS) is 3. The highest BCUT2D eigenvalue weighted by atomic mass is 16.6. The molecule has 0 bridgehead atoms. The fraction of sp³-hybridized carbons (Fsp3) is 0.894. The molecule has 0 aliphatic carbocycles. The van der Waals surface area contributed by atoms with E-state index in [0.717, 1.165) is 0 Å². The van der Waals surface area contributed by atoms with E-state index in [1.54, 1.807) is 14.7 Å². The fourth-order valence-corrected chi connectivity index (χ4v) is 6.50. The predicted molar refractivity (Wildman–Crippen MR) is 257 cm³/mol. The average molecular weight is 1030 g/mol. The summed E-state index contributed by atoms with van der Waals surface area (Å²) in [6.45, 7) is 17.5. The summed E-state index contributed by atoms with van der Waals surface area (Å²) < 4.78 is 65.9. The Morgan fingerprint density at radius 3 is 0.775 bits per heavy atom. The molecular formula is C47H88N4O20. The summed E-state index contributed by atoms with van der Waals surface area (Å²) in [6.07, 6.45) is 1.77. The van der Waals surface area contributed by atoms with Crippen LogP contribution in [0.4, 0.5) is 0 Å². The molecule has 24 heteroatoms. The minimum Gasteiger partial charge on any atom is -0.480 e. The largest absolute Gasteiger partial charge is 0.480 e. The third-order valence-corrected chi connectivity index (χ3v) is 9.96. The molecular weight excluding hydrogens is 941 g/mol. The number of rotatable bonds is 46. The molecule has 0 spiro atoms. The number of carboxylic acids is 3. The maximum absolute atomic E-state index is 12.9. The van der Waals surface area contributed by atoms with Crippen LogP contribution in [0.25, 0.3) is 0 Å². The average Bonchev–Trinajstić information content (AvgIpc) is 3.29. The van der Waals surface area contributed by atoms with Gasteiger partial charge >= 0.3 is 23.9 Å². The number of hydrogen-bond donors (Lipinski definition) is 3. The summed E-state index contributed by atoms with van der Waals surface area (Å²) in [5.41, 5.74) is -0.466. The Hall–Kier alpha value is -3.05. The van der Waals surface area contributed by atoms with Crippen molar-refractivity contribution in [3.63, 3.8) is 0 Å². The number of carbonyl (C=O) groups excluding carboxylic acids is 2. The lowest BCUT2D eigenvalue weighted by molar-refractivity contribution is -0.155. The molecule has 24 nitrogen and oxygen atoms in total. The van der Waals surface area contributed by atoms with Crippen molar-refractivity contribution in [2.75, 3.05) is 224 Å². The van der Waals surface area contributed by atoms with Crippen molar-refractivity contribution >= 4 is 29.7 Å². The number of ether oxygens (including phenoxy) is 12. The lowest BCUT2D eigenvalue weighted by atomic mass is 10.2. The quantitative estimate of drug-likeness (QED) is 0.0540. The van der Waals surface area contributed by atoms with Gasteiger partial charge in [-0.1, -0.05) is 0 Å². The molecule has 0 aromatic heterocycles. The van der Waals surface area contributed by atoms with Crippen LogP contribution in [0.5, 0.6) is 0 Å². The molecule has 0 aromatic carbocycles. The Balaban J connectivity index is 1.90. The highest BCUT2D eigenvalue weighted by molar-refractivity contribution is 5.80. The van der Waals surface area contributed by atoms with Gasteiger partial charge in [0.15, 0.2) is 0 Å². The van der Waals surface area contributed by atoms with Crippen LogP contribution in [0.15, 0.2) is 0 Å². The van der Waals surface area contributed by atoms with E-state index in [4.69, 9.17) is 56.8 Å². The van der Waals surface area contributed by atoms with Crippen molar-refractivity contribution in [3.05, 3.63) is 0 Å². The van der Waals surface area contributed by atoms with Crippen molar-refractivity contribution in [1.82, 2.24) is 19.6 Å². The number of hydrogen-bond acceptors (Lipinski definition) is 21.